The number of nitrogens with zero attached hydrogens (tertiary/aromatic N) is 1. The fourth-order valence-electron chi connectivity index (χ4n) is 1.55. The summed E-state index contributed by atoms with van der Waals surface area (Å²) in [5, 5.41) is 6.64. The van der Waals surface area contributed by atoms with Crippen LogP contribution in [-0.4, -0.2) is 17.3 Å². The van der Waals surface area contributed by atoms with Crippen LogP contribution in [0.25, 0.3) is 11.3 Å². The highest BCUT2D eigenvalue weighted by atomic mass is 19.1. The van der Waals surface area contributed by atoms with Crippen molar-refractivity contribution in [3.63, 3.8) is 0 Å². The van der Waals surface area contributed by atoms with Gasteiger partial charge >= 0.3 is 0 Å². The molecule has 1 aromatic heterocycles. The van der Waals surface area contributed by atoms with Crippen LogP contribution < -0.4 is 10.5 Å². The van der Waals surface area contributed by atoms with E-state index in [4.69, 9.17) is 10.5 Å². The van der Waals surface area contributed by atoms with Crippen molar-refractivity contribution in [3.05, 3.63) is 29.6 Å². The predicted molar refractivity (Wildman–Crippen MR) is 59.7 cm³/mol. The summed E-state index contributed by atoms with van der Waals surface area (Å²) < 4.78 is 18.4. The van der Waals surface area contributed by atoms with Gasteiger partial charge in [0.25, 0.3) is 0 Å². The number of methoxy groups -OCH3 is 1. The zero-order chi connectivity index (χ0) is 11.7. The second-order valence-corrected chi connectivity index (χ2v) is 3.45. The molecule has 5 heteroatoms. The number of halogens is 1. The molecule has 0 aliphatic rings. The van der Waals surface area contributed by atoms with Gasteiger partial charge in [0.05, 0.1) is 12.8 Å². The minimum absolute atomic E-state index is 0.330. The van der Waals surface area contributed by atoms with Gasteiger partial charge in [0.1, 0.15) is 17.4 Å². The summed E-state index contributed by atoms with van der Waals surface area (Å²) in [6.45, 7) is 1.82. The lowest BCUT2D eigenvalue weighted by atomic mass is 10.1. The number of hydrogen-bond acceptors (Lipinski definition) is 3. The number of benzene rings is 1. The number of hydrogen-bond donors (Lipinski definition) is 2. The Morgan fingerprint density at radius 2 is 2.19 bits per heavy atom. The van der Waals surface area contributed by atoms with Gasteiger partial charge in [-0.3, -0.25) is 5.10 Å². The first kappa shape index (κ1) is 10.5. The quantitative estimate of drug-likeness (QED) is 0.816. The summed E-state index contributed by atoms with van der Waals surface area (Å²) in [4.78, 5) is 0. The molecule has 1 aromatic carbocycles. The van der Waals surface area contributed by atoms with Crippen LogP contribution in [0.5, 0.6) is 5.75 Å². The Kier molecular flexibility index (Phi) is 2.52. The highest BCUT2D eigenvalue weighted by Crippen LogP contribution is 2.32. The van der Waals surface area contributed by atoms with Gasteiger partial charge in [0.2, 0.25) is 0 Å². The Hall–Kier alpha value is -2.04. The van der Waals surface area contributed by atoms with E-state index < -0.39 is 0 Å². The average molecular weight is 221 g/mol. The normalized spacial score (nSPS) is 10.4. The van der Waals surface area contributed by atoms with Gasteiger partial charge < -0.3 is 10.5 Å². The maximum atomic E-state index is 13.2. The highest BCUT2D eigenvalue weighted by Gasteiger charge is 2.13. The van der Waals surface area contributed by atoms with Crippen molar-refractivity contribution in [1.29, 1.82) is 0 Å². The van der Waals surface area contributed by atoms with Crippen LogP contribution in [-0.2, 0) is 0 Å². The molecule has 0 radical (unpaired) electrons. The molecule has 0 fully saturated rings. The van der Waals surface area contributed by atoms with Gasteiger partial charge in [-0.1, -0.05) is 0 Å². The molecule has 1 heterocycles. The monoisotopic (exact) mass is 221 g/mol. The highest BCUT2D eigenvalue weighted by molar-refractivity contribution is 5.73. The van der Waals surface area contributed by atoms with E-state index in [2.05, 4.69) is 10.2 Å². The van der Waals surface area contributed by atoms with Crippen LogP contribution in [0.4, 0.5) is 10.2 Å². The van der Waals surface area contributed by atoms with Crippen LogP contribution in [0.15, 0.2) is 18.2 Å². The molecule has 0 saturated carbocycles. The first-order valence-electron chi connectivity index (χ1n) is 4.78. The van der Waals surface area contributed by atoms with Gasteiger partial charge in [-0.2, -0.15) is 5.10 Å². The van der Waals surface area contributed by atoms with Gasteiger partial charge in [-0.05, 0) is 25.1 Å². The van der Waals surface area contributed by atoms with Crippen molar-refractivity contribution in [2.24, 2.45) is 0 Å². The number of aromatic amines is 1. The van der Waals surface area contributed by atoms with E-state index in [1.807, 2.05) is 6.92 Å². The lowest BCUT2D eigenvalue weighted by Gasteiger charge is -2.07. The molecule has 0 saturated heterocycles. The Labute approximate surface area is 92.2 Å². The minimum atomic E-state index is -0.330. The number of ether oxygens (including phenoxy) is 1. The molecule has 3 N–H and O–H groups in total. The summed E-state index contributed by atoms with van der Waals surface area (Å²) >= 11 is 0. The third-order valence-electron chi connectivity index (χ3n) is 2.48. The molecule has 0 atom stereocenters. The van der Waals surface area contributed by atoms with Crippen molar-refractivity contribution < 1.29 is 9.13 Å². The van der Waals surface area contributed by atoms with E-state index in [0.29, 0.717) is 22.8 Å². The molecule has 0 spiro atoms. The Balaban J connectivity index is 2.62. The van der Waals surface area contributed by atoms with Crippen molar-refractivity contribution in [3.8, 4) is 17.0 Å². The number of nitrogen functional groups attached to an aromatic ring is 1. The zero-order valence-corrected chi connectivity index (χ0v) is 9.04. The lowest BCUT2D eigenvalue weighted by Crippen LogP contribution is -1.91. The predicted octanol–water partition coefficient (Wildman–Crippen LogP) is 2.12. The fraction of sp³-hybridized carbons (Fsp3) is 0.182. The van der Waals surface area contributed by atoms with E-state index in [1.165, 1.54) is 19.2 Å². The van der Waals surface area contributed by atoms with Gasteiger partial charge in [0.15, 0.2) is 0 Å². The number of nitrogens with one attached hydrogen (secondary N) is 1. The number of aromatic nitrogens is 2. The molecule has 84 valence electrons. The molecular weight excluding hydrogens is 209 g/mol. The molecule has 0 unspecified atom stereocenters. The van der Waals surface area contributed by atoms with E-state index in [-0.39, 0.29) is 5.82 Å². The van der Waals surface area contributed by atoms with Crippen LogP contribution >= 0.6 is 0 Å². The largest absolute Gasteiger partial charge is 0.496 e. The van der Waals surface area contributed by atoms with Crippen LogP contribution in [0.1, 0.15) is 5.56 Å². The molecule has 0 aliphatic carbocycles. The van der Waals surface area contributed by atoms with Gasteiger partial charge in [-0.15, -0.1) is 0 Å². The molecular formula is C11H12FN3O. The second-order valence-electron chi connectivity index (χ2n) is 3.45. The number of anilines is 1. The average Bonchev–Trinajstić information content (AvgIpc) is 2.60. The maximum absolute atomic E-state index is 13.2. The Bertz CT molecular complexity index is 522. The lowest BCUT2D eigenvalue weighted by molar-refractivity contribution is 0.415. The molecule has 0 amide bonds. The third kappa shape index (κ3) is 1.60. The number of rotatable bonds is 2. The summed E-state index contributed by atoms with van der Waals surface area (Å²) in [5.41, 5.74) is 7.70. The van der Waals surface area contributed by atoms with Crippen LogP contribution in [0.3, 0.4) is 0 Å². The van der Waals surface area contributed by atoms with E-state index >= 15 is 0 Å². The first-order valence-corrected chi connectivity index (χ1v) is 4.78. The zero-order valence-electron chi connectivity index (χ0n) is 9.04. The van der Waals surface area contributed by atoms with Crippen molar-refractivity contribution in [2.45, 2.75) is 6.92 Å². The minimum Gasteiger partial charge on any atom is -0.496 e. The van der Waals surface area contributed by atoms with E-state index in [9.17, 15) is 4.39 Å². The number of H-pyrrole nitrogens is 1. The topological polar surface area (TPSA) is 63.9 Å². The fourth-order valence-corrected chi connectivity index (χ4v) is 1.55. The Morgan fingerprint density at radius 3 is 2.75 bits per heavy atom. The maximum Gasteiger partial charge on any atom is 0.148 e. The summed E-state index contributed by atoms with van der Waals surface area (Å²) in [7, 11) is 1.53. The molecule has 0 aliphatic heterocycles. The molecule has 16 heavy (non-hydrogen) atoms. The summed E-state index contributed by atoms with van der Waals surface area (Å²) in [6.07, 6.45) is 0. The molecule has 2 rings (SSSR count). The van der Waals surface area contributed by atoms with E-state index in [0.717, 1.165) is 5.56 Å². The van der Waals surface area contributed by atoms with Gasteiger partial charge in [0, 0.05) is 11.1 Å². The molecule has 4 nitrogen and oxygen atoms in total. The Morgan fingerprint density at radius 1 is 1.44 bits per heavy atom. The van der Waals surface area contributed by atoms with Crippen molar-refractivity contribution >= 4 is 5.82 Å². The van der Waals surface area contributed by atoms with Gasteiger partial charge in [-0.25, -0.2) is 4.39 Å². The summed E-state index contributed by atoms with van der Waals surface area (Å²) in [6, 6.07) is 4.30. The van der Waals surface area contributed by atoms with Crippen molar-refractivity contribution in [1.82, 2.24) is 10.2 Å². The number of nitrogens with two attached hydrogens (primary N) is 1. The first-order chi connectivity index (χ1) is 7.63. The van der Waals surface area contributed by atoms with Crippen molar-refractivity contribution in [2.75, 3.05) is 12.8 Å². The summed E-state index contributed by atoms with van der Waals surface area (Å²) in [5.74, 6) is 0.651. The molecule has 0 bridgehead atoms. The van der Waals surface area contributed by atoms with Crippen LogP contribution in [0, 0.1) is 12.7 Å². The smallest absolute Gasteiger partial charge is 0.148 e. The standard InChI is InChI=1S/C11H12FN3O/c1-6-10(14-15-11(6)13)8-5-7(12)3-4-9(8)16-2/h3-5H,1-2H3,(H3,13,14,15). The second kappa shape index (κ2) is 3.84. The SMILES string of the molecule is COc1ccc(F)cc1-c1[nH]nc(N)c1C. The van der Waals surface area contributed by atoms with E-state index in [1.54, 1.807) is 6.07 Å². The third-order valence-corrected chi connectivity index (χ3v) is 2.48. The van der Waals surface area contributed by atoms with Crippen LogP contribution in [0.2, 0.25) is 0 Å². The molecule has 2 aromatic rings.